The summed E-state index contributed by atoms with van der Waals surface area (Å²) in [5.41, 5.74) is 4.54. The molecule has 0 saturated carbocycles. The average molecular weight is 270 g/mol. The quantitative estimate of drug-likeness (QED) is 0.905. The molecule has 2 aliphatic rings. The van der Waals surface area contributed by atoms with Crippen molar-refractivity contribution < 1.29 is 0 Å². The lowest BCUT2D eigenvalue weighted by Gasteiger charge is -2.26. The molecule has 0 amide bonds. The van der Waals surface area contributed by atoms with E-state index in [0.717, 1.165) is 19.5 Å². The van der Waals surface area contributed by atoms with E-state index in [-0.39, 0.29) is 0 Å². The second-order valence-corrected chi connectivity index (χ2v) is 6.02. The smallest absolute Gasteiger partial charge is 0.0107 e. The van der Waals surface area contributed by atoms with Gasteiger partial charge in [0.25, 0.3) is 0 Å². The summed E-state index contributed by atoms with van der Waals surface area (Å²) in [7, 11) is 0. The number of hydrogen-bond donors (Lipinski definition) is 1. The molecule has 0 unspecified atom stereocenters. The number of aryl methyl sites for hydroxylation is 2. The molecule has 0 radical (unpaired) electrons. The van der Waals surface area contributed by atoms with Crippen LogP contribution in [-0.2, 0) is 12.8 Å². The molecule has 3 rings (SSSR count). The van der Waals surface area contributed by atoms with Gasteiger partial charge in [-0.15, -0.1) is 0 Å². The summed E-state index contributed by atoms with van der Waals surface area (Å²) in [6.45, 7) is 5.89. The minimum Gasteiger partial charge on any atom is -0.314 e. The van der Waals surface area contributed by atoms with Crippen LogP contribution in [0, 0.1) is 0 Å². The molecule has 0 atom stereocenters. The standard InChI is InChI=1S/C18H26N2/c1-2-7-18-15-16(8-9-17(18)6-1)5-3-4-12-20-13-10-19-11-14-20/h3,5,8-9,15,19H,1-2,4,6-7,10-14H2/b5-3+. The monoisotopic (exact) mass is 270 g/mol. The first-order chi connectivity index (χ1) is 9.92. The second kappa shape index (κ2) is 7.05. The molecule has 1 N–H and O–H groups in total. The minimum atomic E-state index is 1.15. The Labute approximate surface area is 122 Å². The highest BCUT2D eigenvalue weighted by atomic mass is 15.2. The van der Waals surface area contributed by atoms with Crippen molar-refractivity contribution in [2.45, 2.75) is 32.1 Å². The fourth-order valence-electron chi connectivity index (χ4n) is 3.27. The molecule has 1 aromatic rings. The molecule has 0 aromatic heterocycles. The maximum absolute atomic E-state index is 3.40. The Kier molecular flexibility index (Phi) is 4.88. The predicted octanol–water partition coefficient (Wildman–Crippen LogP) is 2.87. The summed E-state index contributed by atoms with van der Waals surface area (Å²) in [6.07, 6.45) is 11.1. The van der Waals surface area contributed by atoms with E-state index in [0.29, 0.717) is 0 Å². The third-order valence-corrected chi connectivity index (χ3v) is 4.50. The van der Waals surface area contributed by atoms with Gasteiger partial charge in [0.15, 0.2) is 0 Å². The van der Waals surface area contributed by atoms with Gasteiger partial charge in [0.05, 0.1) is 0 Å². The van der Waals surface area contributed by atoms with Crippen LogP contribution in [0.25, 0.3) is 6.08 Å². The number of hydrogen-bond acceptors (Lipinski definition) is 2. The SMILES string of the molecule is C(=C\c1ccc2c(c1)CCCC2)/CCN1CCNCC1. The van der Waals surface area contributed by atoms with Crippen LogP contribution in [0.5, 0.6) is 0 Å². The van der Waals surface area contributed by atoms with E-state index in [1.807, 2.05) is 0 Å². The molecule has 1 saturated heterocycles. The van der Waals surface area contributed by atoms with Crippen molar-refractivity contribution >= 4 is 6.08 Å². The lowest BCUT2D eigenvalue weighted by Crippen LogP contribution is -2.43. The predicted molar refractivity (Wildman–Crippen MR) is 86.0 cm³/mol. The van der Waals surface area contributed by atoms with E-state index < -0.39 is 0 Å². The first-order valence-corrected chi connectivity index (χ1v) is 8.13. The van der Waals surface area contributed by atoms with Crippen LogP contribution in [-0.4, -0.2) is 37.6 Å². The fourth-order valence-corrected chi connectivity index (χ4v) is 3.27. The molecule has 20 heavy (non-hydrogen) atoms. The van der Waals surface area contributed by atoms with Gasteiger partial charge in [0.1, 0.15) is 0 Å². The second-order valence-electron chi connectivity index (χ2n) is 6.02. The van der Waals surface area contributed by atoms with Crippen molar-refractivity contribution in [2.24, 2.45) is 0 Å². The average Bonchev–Trinajstić information content (AvgIpc) is 2.52. The van der Waals surface area contributed by atoms with Crippen LogP contribution in [0.2, 0.25) is 0 Å². The van der Waals surface area contributed by atoms with Crippen LogP contribution in [0.15, 0.2) is 24.3 Å². The molecule has 0 spiro atoms. The first-order valence-electron chi connectivity index (χ1n) is 8.13. The molecule has 2 heteroatoms. The Morgan fingerprint density at radius 3 is 2.70 bits per heavy atom. The number of rotatable bonds is 4. The maximum atomic E-state index is 3.40. The van der Waals surface area contributed by atoms with E-state index in [1.54, 1.807) is 11.1 Å². The molecule has 1 heterocycles. The van der Waals surface area contributed by atoms with Crippen LogP contribution < -0.4 is 5.32 Å². The Hall–Kier alpha value is -1.12. The van der Waals surface area contributed by atoms with Gasteiger partial charge < -0.3 is 10.2 Å². The molecule has 1 aromatic carbocycles. The number of fused-ring (bicyclic) bond motifs is 1. The Morgan fingerprint density at radius 1 is 1.05 bits per heavy atom. The number of nitrogens with one attached hydrogen (secondary N) is 1. The van der Waals surface area contributed by atoms with Crippen molar-refractivity contribution in [3.05, 3.63) is 41.0 Å². The third kappa shape index (κ3) is 3.71. The van der Waals surface area contributed by atoms with Crippen LogP contribution >= 0.6 is 0 Å². The third-order valence-electron chi connectivity index (χ3n) is 4.50. The van der Waals surface area contributed by atoms with Crippen LogP contribution in [0.4, 0.5) is 0 Å². The lowest BCUT2D eigenvalue weighted by atomic mass is 9.90. The van der Waals surface area contributed by atoms with Gasteiger partial charge in [-0.1, -0.05) is 30.4 Å². The summed E-state index contributed by atoms with van der Waals surface area (Å²) in [5.74, 6) is 0. The molecule has 1 aliphatic heterocycles. The molecule has 2 nitrogen and oxygen atoms in total. The van der Waals surface area contributed by atoms with Gasteiger partial charge in [0.2, 0.25) is 0 Å². The largest absolute Gasteiger partial charge is 0.314 e. The first kappa shape index (κ1) is 13.8. The Balaban J connectivity index is 1.50. The van der Waals surface area contributed by atoms with E-state index in [4.69, 9.17) is 0 Å². The zero-order valence-electron chi connectivity index (χ0n) is 12.4. The zero-order valence-corrected chi connectivity index (χ0v) is 12.4. The van der Waals surface area contributed by atoms with E-state index in [1.165, 1.54) is 50.9 Å². The van der Waals surface area contributed by atoms with Crippen molar-refractivity contribution in [1.29, 1.82) is 0 Å². The Bertz CT molecular complexity index is 458. The van der Waals surface area contributed by atoms with Crippen molar-refractivity contribution in [2.75, 3.05) is 32.7 Å². The van der Waals surface area contributed by atoms with Gasteiger partial charge in [-0.25, -0.2) is 0 Å². The van der Waals surface area contributed by atoms with E-state index in [9.17, 15) is 0 Å². The maximum Gasteiger partial charge on any atom is 0.0107 e. The van der Waals surface area contributed by atoms with E-state index >= 15 is 0 Å². The normalized spacial score (nSPS) is 20.2. The molecule has 0 bridgehead atoms. The number of nitrogens with zero attached hydrogens (tertiary/aromatic N) is 1. The highest BCUT2D eigenvalue weighted by molar-refractivity contribution is 5.52. The highest BCUT2D eigenvalue weighted by Crippen LogP contribution is 2.22. The van der Waals surface area contributed by atoms with Crippen molar-refractivity contribution in [1.82, 2.24) is 10.2 Å². The molecule has 108 valence electrons. The van der Waals surface area contributed by atoms with Gasteiger partial charge >= 0.3 is 0 Å². The summed E-state index contributed by atoms with van der Waals surface area (Å²) in [4.78, 5) is 2.55. The molecule has 1 fully saturated rings. The van der Waals surface area contributed by atoms with Crippen molar-refractivity contribution in [3.8, 4) is 0 Å². The lowest BCUT2D eigenvalue weighted by molar-refractivity contribution is 0.245. The topological polar surface area (TPSA) is 15.3 Å². The fraction of sp³-hybridized carbons (Fsp3) is 0.556. The van der Waals surface area contributed by atoms with Gasteiger partial charge in [-0.05, 0) is 48.8 Å². The molecular weight excluding hydrogens is 244 g/mol. The van der Waals surface area contributed by atoms with Crippen molar-refractivity contribution in [3.63, 3.8) is 0 Å². The van der Waals surface area contributed by atoms with Gasteiger partial charge in [-0.2, -0.15) is 0 Å². The van der Waals surface area contributed by atoms with Gasteiger partial charge in [0, 0.05) is 32.7 Å². The number of piperazine rings is 1. The summed E-state index contributed by atoms with van der Waals surface area (Å²) >= 11 is 0. The molecular formula is C18H26N2. The Morgan fingerprint density at radius 2 is 1.85 bits per heavy atom. The van der Waals surface area contributed by atoms with Crippen LogP contribution in [0.3, 0.4) is 0 Å². The van der Waals surface area contributed by atoms with Crippen LogP contribution in [0.1, 0.15) is 36.0 Å². The highest BCUT2D eigenvalue weighted by Gasteiger charge is 2.09. The zero-order chi connectivity index (χ0) is 13.6. The summed E-state index contributed by atoms with van der Waals surface area (Å²) in [6, 6.07) is 7.02. The van der Waals surface area contributed by atoms with E-state index in [2.05, 4.69) is 40.6 Å². The summed E-state index contributed by atoms with van der Waals surface area (Å²) in [5, 5.41) is 3.40. The summed E-state index contributed by atoms with van der Waals surface area (Å²) < 4.78 is 0. The molecule has 1 aliphatic carbocycles. The number of benzene rings is 1. The minimum absolute atomic E-state index is 1.15. The van der Waals surface area contributed by atoms with Gasteiger partial charge in [-0.3, -0.25) is 0 Å².